The zero-order valence-electron chi connectivity index (χ0n) is 18.8. The van der Waals surface area contributed by atoms with Crippen LogP contribution in [0.5, 0.6) is 0 Å². The lowest BCUT2D eigenvalue weighted by Gasteiger charge is -2.28. The van der Waals surface area contributed by atoms with Gasteiger partial charge in [-0.3, -0.25) is 19.7 Å². The third-order valence-corrected chi connectivity index (χ3v) is 9.04. The number of imide groups is 1. The van der Waals surface area contributed by atoms with E-state index in [1.165, 1.54) is 34.6 Å². The van der Waals surface area contributed by atoms with E-state index in [1.54, 1.807) is 0 Å². The predicted molar refractivity (Wildman–Crippen MR) is 125 cm³/mol. The summed E-state index contributed by atoms with van der Waals surface area (Å²) < 4.78 is 63.5. The zero-order chi connectivity index (χ0) is 26.5. The molecule has 0 saturated carbocycles. The van der Waals surface area contributed by atoms with Crippen LogP contribution >= 0.6 is 0 Å². The summed E-state index contributed by atoms with van der Waals surface area (Å²) in [5, 5.41) is 11.2. The number of nitro groups is 1. The number of carbonyl (C=O) groups excluding carboxylic acids is 2. The van der Waals surface area contributed by atoms with Gasteiger partial charge < -0.3 is 4.74 Å². The highest BCUT2D eigenvalue weighted by Gasteiger charge is 2.39. The first-order chi connectivity index (χ1) is 17.5. The first kappa shape index (κ1) is 24.9. The summed E-state index contributed by atoms with van der Waals surface area (Å²) in [6.45, 7) is 0.728. The number of nitrogens with zero attached hydrogens (tertiary/aromatic N) is 3. The number of rotatable bonds is 6. The molecule has 3 aromatic carbocycles. The Kier molecular flexibility index (Phi) is 6.04. The van der Waals surface area contributed by atoms with Crippen LogP contribution in [-0.4, -0.2) is 69.2 Å². The van der Waals surface area contributed by atoms with Gasteiger partial charge in [0.05, 0.1) is 34.2 Å². The number of nitro benzene ring substituents is 1. The second-order valence-corrected chi connectivity index (χ2v) is 11.5. The molecule has 2 aliphatic heterocycles. The van der Waals surface area contributed by atoms with Crippen LogP contribution in [0.4, 0.5) is 5.69 Å². The molecule has 0 radical (unpaired) electrons. The summed E-state index contributed by atoms with van der Waals surface area (Å²) in [6.07, 6.45) is 0. The number of hydrogen-bond acceptors (Lipinski definition) is 10. The van der Waals surface area contributed by atoms with Crippen molar-refractivity contribution in [2.45, 2.75) is 9.79 Å². The van der Waals surface area contributed by atoms with Gasteiger partial charge in [0.1, 0.15) is 4.90 Å². The minimum absolute atomic E-state index is 0.0411. The minimum Gasteiger partial charge on any atom is -0.379 e. The van der Waals surface area contributed by atoms with Crippen LogP contribution in [0, 0.1) is 10.1 Å². The molecule has 0 spiro atoms. The Morgan fingerprint density at radius 2 is 1.54 bits per heavy atom. The lowest BCUT2D eigenvalue weighted by Crippen LogP contribution is -2.42. The van der Waals surface area contributed by atoms with E-state index in [0.29, 0.717) is 0 Å². The standard InChI is InChI=1S/C22H17N3O10S2/c26-21-17-6-2-5-16-19(36(30,31)23-9-11-34-12-10-23)8-7-18(20(16)17)22(27)24(21)35-37(32,33)15-4-1-3-14(13-15)25(28)29/h1-8,13H,9-12H2. The molecule has 0 atom stereocenters. The largest absolute Gasteiger partial charge is 0.379 e. The summed E-state index contributed by atoms with van der Waals surface area (Å²) in [7, 11) is -8.83. The Morgan fingerprint density at radius 1 is 0.892 bits per heavy atom. The van der Waals surface area contributed by atoms with E-state index in [1.807, 2.05) is 0 Å². The van der Waals surface area contributed by atoms with Crippen molar-refractivity contribution in [3.8, 4) is 0 Å². The Bertz CT molecular complexity index is 1670. The lowest BCUT2D eigenvalue weighted by atomic mass is 9.95. The fraction of sp³-hybridized carbons (Fsp3) is 0.182. The van der Waals surface area contributed by atoms with Crippen LogP contribution in [-0.2, 0) is 29.2 Å². The number of carbonyl (C=O) groups is 2. The summed E-state index contributed by atoms with van der Waals surface area (Å²) in [6, 6.07) is 10.5. The predicted octanol–water partition coefficient (Wildman–Crippen LogP) is 1.69. The highest BCUT2D eigenvalue weighted by molar-refractivity contribution is 7.89. The molecule has 0 N–H and O–H groups in total. The topological polar surface area (TPSA) is 170 Å². The fourth-order valence-electron chi connectivity index (χ4n) is 4.16. The van der Waals surface area contributed by atoms with Gasteiger partial charge in [-0.1, -0.05) is 18.2 Å². The molecule has 37 heavy (non-hydrogen) atoms. The van der Waals surface area contributed by atoms with Crippen molar-refractivity contribution in [1.29, 1.82) is 0 Å². The molecule has 0 aliphatic carbocycles. The molecule has 2 heterocycles. The van der Waals surface area contributed by atoms with E-state index in [0.717, 1.165) is 24.3 Å². The van der Waals surface area contributed by atoms with Crippen molar-refractivity contribution >= 4 is 48.4 Å². The van der Waals surface area contributed by atoms with Crippen molar-refractivity contribution in [2.24, 2.45) is 0 Å². The van der Waals surface area contributed by atoms with Crippen LogP contribution in [0.15, 0.2) is 64.4 Å². The smallest absolute Gasteiger partial charge is 0.318 e. The van der Waals surface area contributed by atoms with Crippen LogP contribution < -0.4 is 0 Å². The molecule has 0 unspecified atom stereocenters. The van der Waals surface area contributed by atoms with E-state index in [9.17, 15) is 36.5 Å². The quantitative estimate of drug-likeness (QED) is 0.251. The van der Waals surface area contributed by atoms with Crippen molar-refractivity contribution in [2.75, 3.05) is 26.3 Å². The van der Waals surface area contributed by atoms with E-state index in [-0.39, 0.29) is 58.2 Å². The van der Waals surface area contributed by atoms with Gasteiger partial charge in [0.2, 0.25) is 10.0 Å². The van der Waals surface area contributed by atoms with Crippen LogP contribution in [0.3, 0.4) is 0 Å². The van der Waals surface area contributed by atoms with E-state index in [2.05, 4.69) is 0 Å². The van der Waals surface area contributed by atoms with Gasteiger partial charge in [-0.25, -0.2) is 8.42 Å². The number of non-ortho nitro benzene ring substituents is 1. The van der Waals surface area contributed by atoms with Gasteiger partial charge in [-0.2, -0.15) is 12.7 Å². The highest BCUT2D eigenvalue weighted by Crippen LogP contribution is 2.36. The number of morpholine rings is 1. The monoisotopic (exact) mass is 547 g/mol. The number of benzene rings is 3. The van der Waals surface area contributed by atoms with Gasteiger partial charge in [0.25, 0.3) is 17.5 Å². The molecule has 15 heteroatoms. The molecular formula is C22H17N3O10S2. The average Bonchev–Trinajstić information content (AvgIpc) is 2.89. The van der Waals surface area contributed by atoms with Crippen molar-refractivity contribution in [3.63, 3.8) is 0 Å². The van der Waals surface area contributed by atoms with Gasteiger partial charge in [0, 0.05) is 36.0 Å². The fourth-order valence-corrected chi connectivity index (χ4v) is 6.68. The Morgan fingerprint density at radius 3 is 2.22 bits per heavy atom. The SMILES string of the molecule is O=C1c2cccc3c(S(=O)(=O)N4CCOCC4)ccc(c23)C(=O)N1OS(=O)(=O)c1cccc([N+](=O)[O-])c1. The number of amides is 2. The third-order valence-electron chi connectivity index (χ3n) is 5.91. The molecule has 0 aromatic heterocycles. The molecule has 3 aromatic rings. The van der Waals surface area contributed by atoms with Gasteiger partial charge in [-0.15, -0.1) is 9.35 Å². The Labute approximate surface area is 210 Å². The summed E-state index contributed by atoms with van der Waals surface area (Å²) in [5.41, 5.74) is -0.842. The first-order valence-corrected chi connectivity index (χ1v) is 13.6. The van der Waals surface area contributed by atoms with Crippen molar-refractivity contribution < 1.29 is 40.4 Å². The number of sulfonamides is 1. The molecule has 192 valence electrons. The Hall–Kier alpha value is -3.76. The van der Waals surface area contributed by atoms with E-state index in [4.69, 9.17) is 9.02 Å². The molecule has 0 bridgehead atoms. The maximum absolute atomic E-state index is 13.3. The van der Waals surface area contributed by atoms with Gasteiger partial charge in [0.15, 0.2) is 0 Å². The van der Waals surface area contributed by atoms with Crippen molar-refractivity contribution in [3.05, 3.63) is 75.8 Å². The van der Waals surface area contributed by atoms with Gasteiger partial charge >= 0.3 is 10.1 Å². The zero-order valence-corrected chi connectivity index (χ0v) is 20.4. The van der Waals surface area contributed by atoms with E-state index < -0.39 is 47.5 Å². The molecule has 5 rings (SSSR count). The molecule has 1 fully saturated rings. The number of hydrogen-bond donors (Lipinski definition) is 0. The van der Waals surface area contributed by atoms with Crippen LogP contribution in [0.2, 0.25) is 0 Å². The molecule has 1 saturated heterocycles. The van der Waals surface area contributed by atoms with Crippen LogP contribution in [0.1, 0.15) is 20.7 Å². The normalized spacial score (nSPS) is 16.8. The molecule has 2 aliphatic rings. The summed E-state index contributed by atoms with van der Waals surface area (Å²) in [4.78, 5) is 35.8. The minimum atomic E-state index is -4.83. The average molecular weight is 548 g/mol. The number of ether oxygens (including phenoxy) is 1. The maximum atomic E-state index is 13.3. The number of hydroxylamine groups is 2. The van der Waals surface area contributed by atoms with Gasteiger partial charge in [-0.05, 0) is 24.3 Å². The molecular weight excluding hydrogens is 530 g/mol. The van der Waals surface area contributed by atoms with E-state index >= 15 is 0 Å². The summed E-state index contributed by atoms with van der Waals surface area (Å²) >= 11 is 0. The maximum Gasteiger partial charge on any atom is 0.318 e. The third kappa shape index (κ3) is 4.15. The van der Waals surface area contributed by atoms with Crippen molar-refractivity contribution in [1.82, 2.24) is 9.37 Å². The van der Waals surface area contributed by atoms with Crippen LogP contribution in [0.25, 0.3) is 10.8 Å². The molecule has 2 amide bonds. The summed E-state index contributed by atoms with van der Waals surface area (Å²) in [5.74, 6) is -2.28. The lowest BCUT2D eigenvalue weighted by molar-refractivity contribution is -0.385. The Balaban J connectivity index is 1.56. The first-order valence-electron chi connectivity index (χ1n) is 10.7. The molecule has 13 nitrogen and oxygen atoms in total. The highest BCUT2D eigenvalue weighted by atomic mass is 32.2. The second kappa shape index (κ2) is 8.97. The second-order valence-electron chi connectivity index (χ2n) is 8.04.